The zero-order chi connectivity index (χ0) is 20.3. The fourth-order valence-electron chi connectivity index (χ4n) is 3.04. The molecule has 28 heavy (non-hydrogen) atoms. The summed E-state index contributed by atoms with van der Waals surface area (Å²) in [4.78, 5) is 26.4. The molecule has 0 aliphatic carbocycles. The minimum Gasteiger partial charge on any atom is -0.493 e. The van der Waals surface area contributed by atoms with Gasteiger partial charge in [-0.05, 0) is 37.3 Å². The molecule has 2 aromatic carbocycles. The number of amides is 2. The largest absolute Gasteiger partial charge is 0.493 e. The highest BCUT2D eigenvalue weighted by Gasteiger charge is 2.25. The second-order valence-corrected chi connectivity index (χ2v) is 5.98. The molecule has 2 aromatic rings. The van der Waals surface area contributed by atoms with Crippen molar-refractivity contribution in [3.63, 3.8) is 0 Å². The molecule has 2 amide bonds. The Balaban J connectivity index is 1.90. The van der Waals surface area contributed by atoms with E-state index in [1.54, 1.807) is 35.2 Å². The van der Waals surface area contributed by atoms with E-state index in [4.69, 9.17) is 18.9 Å². The van der Waals surface area contributed by atoms with Gasteiger partial charge in [-0.1, -0.05) is 0 Å². The van der Waals surface area contributed by atoms with Crippen LogP contribution < -0.4 is 29.2 Å². The Labute approximate surface area is 162 Å². The number of carbonyl (C=O) groups is 2. The van der Waals surface area contributed by atoms with Crippen LogP contribution in [0.2, 0.25) is 0 Å². The molecule has 1 aliphatic heterocycles. The first-order chi connectivity index (χ1) is 13.5. The number of ether oxygens (including phenoxy) is 4. The van der Waals surface area contributed by atoms with Gasteiger partial charge in [0.1, 0.15) is 5.75 Å². The molecule has 0 unspecified atom stereocenters. The molecule has 0 saturated carbocycles. The Kier molecular flexibility index (Phi) is 5.58. The number of nitrogens with one attached hydrogen (secondary N) is 1. The van der Waals surface area contributed by atoms with Crippen molar-refractivity contribution in [1.29, 1.82) is 0 Å². The smallest absolute Gasteiger partial charge is 0.265 e. The number of rotatable bonds is 6. The van der Waals surface area contributed by atoms with Gasteiger partial charge >= 0.3 is 0 Å². The topological polar surface area (TPSA) is 86.3 Å². The zero-order valence-corrected chi connectivity index (χ0v) is 16.2. The van der Waals surface area contributed by atoms with Crippen molar-refractivity contribution in [2.24, 2.45) is 0 Å². The van der Waals surface area contributed by atoms with Crippen LogP contribution >= 0.6 is 0 Å². The van der Waals surface area contributed by atoms with E-state index in [0.717, 1.165) is 0 Å². The normalized spacial score (nSPS) is 12.7. The molecule has 3 rings (SSSR count). The molecule has 0 fully saturated rings. The molecule has 0 aromatic heterocycles. The van der Waals surface area contributed by atoms with Gasteiger partial charge in [-0.3, -0.25) is 9.59 Å². The van der Waals surface area contributed by atoms with Crippen LogP contribution in [-0.2, 0) is 4.79 Å². The summed E-state index contributed by atoms with van der Waals surface area (Å²) in [6.45, 7) is 2.41. The van der Waals surface area contributed by atoms with E-state index in [1.165, 1.54) is 21.3 Å². The fraction of sp³-hybridized carbons (Fsp3) is 0.300. The fourth-order valence-corrected chi connectivity index (χ4v) is 3.04. The predicted octanol–water partition coefficient (Wildman–Crippen LogP) is 2.71. The van der Waals surface area contributed by atoms with Crippen molar-refractivity contribution in [2.75, 3.05) is 44.7 Å². The van der Waals surface area contributed by atoms with Gasteiger partial charge in [-0.2, -0.15) is 0 Å². The zero-order valence-electron chi connectivity index (χ0n) is 16.2. The molecular weight excluding hydrogens is 364 g/mol. The van der Waals surface area contributed by atoms with Crippen LogP contribution in [0.25, 0.3) is 0 Å². The van der Waals surface area contributed by atoms with Crippen LogP contribution in [0.1, 0.15) is 17.3 Å². The summed E-state index contributed by atoms with van der Waals surface area (Å²) >= 11 is 0. The second-order valence-electron chi connectivity index (χ2n) is 5.98. The van der Waals surface area contributed by atoms with Crippen molar-refractivity contribution >= 4 is 23.2 Å². The average Bonchev–Trinajstić information content (AvgIpc) is 2.72. The highest BCUT2D eigenvalue weighted by Crippen LogP contribution is 2.39. The number of anilines is 2. The Morgan fingerprint density at radius 2 is 1.79 bits per heavy atom. The monoisotopic (exact) mass is 386 g/mol. The first kappa shape index (κ1) is 19.3. The maximum atomic E-state index is 12.8. The number of nitrogens with zero attached hydrogens (tertiary/aromatic N) is 1. The van der Waals surface area contributed by atoms with Gasteiger partial charge in [0, 0.05) is 17.8 Å². The number of likely N-dealkylation sites (N-methyl/N-ethyl adjacent to an activating group) is 1. The van der Waals surface area contributed by atoms with Crippen LogP contribution in [0.5, 0.6) is 23.0 Å². The maximum absolute atomic E-state index is 12.8. The predicted molar refractivity (Wildman–Crippen MR) is 104 cm³/mol. The third kappa shape index (κ3) is 3.53. The van der Waals surface area contributed by atoms with E-state index < -0.39 is 0 Å². The van der Waals surface area contributed by atoms with Crippen molar-refractivity contribution in [3.8, 4) is 23.0 Å². The summed E-state index contributed by atoms with van der Waals surface area (Å²) in [6, 6.07) is 8.31. The molecule has 1 N–H and O–H groups in total. The lowest BCUT2D eigenvalue weighted by atomic mass is 10.1. The summed E-state index contributed by atoms with van der Waals surface area (Å²) in [5.74, 6) is 1.30. The summed E-state index contributed by atoms with van der Waals surface area (Å²) in [6.07, 6.45) is 0. The van der Waals surface area contributed by atoms with Crippen LogP contribution in [0, 0.1) is 0 Å². The Hall–Kier alpha value is -3.42. The van der Waals surface area contributed by atoms with E-state index in [1.807, 2.05) is 6.92 Å². The summed E-state index contributed by atoms with van der Waals surface area (Å²) in [5.41, 5.74) is 1.50. The van der Waals surface area contributed by atoms with Gasteiger partial charge in [0.25, 0.3) is 11.8 Å². The van der Waals surface area contributed by atoms with Gasteiger partial charge in [0.15, 0.2) is 18.1 Å². The van der Waals surface area contributed by atoms with Crippen molar-refractivity contribution < 1.29 is 28.5 Å². The molecule has 0 spiro atoms. The first-order valence-corrected chi connectivity index (χ1v) is 8.71. The summed E-state index contributed by atoms with van der Waals surface area (Å²) in [7, 11) is 4.47. The molecule has 8 heteroatoms. The Morgan fingerprint density at radius 3 is 2.36 bits per heavy atom. The quantitative estimate of drug-likeness (QED) is 0.822. The Bertz CT molecular complexity index is 887. The minimum absolute atomic E-state index is 0.0119. The minimum atomic E-state index is -0.356. The second kappa shape index (κ2) is 8.08. The SMILES string of the molecule is CCN1C(=O)COc2ccc(NC(=O)c3cc(OC)c(OC)c(OC)c3)cc21. The van der Waals surface area contributed by atoms with Crippen molar-refractivity contribution in [3.05, 3.63) is 35.9 Å². The molecule has 0 bridgehead atoms. The summed E-state index contributed by atoms with van der Waals surface area (Å²) in [5, 5.41) is 2.82. The van der Waals surface area contributed by atoms with Crippen molar-refractivity contribution in [2.45, 2.75) is 6.92 Å². The van der Waals surface area contributed by atoms with Crippen LogP contribution in [0.15, 0.2) is 30.3 Å². The molecular formula is C20H22N2O6. The number of methoxy groups -OCH3 is 3. The molecule has 148 valence electrons. The summed E-state index contributed by atoms with van der Waals surface area (Å²) < 4.78 is 21.3. The van der Waals surface area contributed by atoms with Gasteiger partial charge in [-0.25, -0.2) is 0 Å². The number of fused-ring (bicyclic) bond motifs is 1. The van der Waals surface area contributed by atoms with Crippen LogP contribution in [0.4, 0.5) is 11.4 Å². The Morgan fingerprint density at radius 1 is 1.11 bits per heavy atom. The average molecular weight is 386 g/mol. The highest BCUT2D eigenvalue weighted by molar-refractivity contribution is 6.06. The van der Waals surface area contributed by atoms with E-state index in [-0.39, 0.29) is 18.4 Å². The van der Waals surface area contributed by atoms with E-state index in [0.29, 0.717) is 46.5 Å². The number of hydrogen-bond acceptors (Lipinski definition) is 6. The standard InChI is InChI=1S/C20H22N2O6/c1-5-22-14-10-13(6-7-15(14)28-11-18(22)23)21-20(24)12-8-16(25-2)19(27-4)17(9-12)26-3/h6-10H,5,11H2,1-4H3,(H,21,24). The van der Waals surface area contributed by atoms with Gasteiger partial charge in [0.05, 0.1) is 27.0 Å². The molecule has 0 saturated heterocycles. The highest BCUT2D eigenvalue weighted by atomic mass is 16.5. The molecule has 1 aliphatic rings. The third-order valence-electron chi connectivity index (χ3n) is 4.40. The van der Waals surface area contributed by atoms with Crippen LogP contribution in [-0.4, -0.2) is 46.3 Å². The van der Waals surface area contributed by atoms with Crippen LogP contribution in [0.3, 0.4) is 0 Å². The molecule has 1 heterocycles. The molecule has 0 radical (unpaired) electrons. The number of benzene rings is 2. The number of hydrogen-bond donors (Lipinski definition) is 1. The van der Waals surface area contributed by atoms with E-state index in [9.17, 15) is 9.59 Å². The first-order valence-electron chi connectivity index (χ1n) is 8.71. The van der Waals surface area contributed by atoms with Gasteiger partial charge in [-0.15, -0.1) is 0 Å². The van der Waals surface area contributed by atoms with Gasteiger partial charge in [0.2, 0.25) is 5.75 Å². The van der Waals surface area contributed by atoms with E-state index >= 15 is 0 Å². The lowest BCUT2D eigenvalue weighted by Crippen LogP contribution is -2.38. The maximum Gasteiger partial charge on any atom is 0.265 e. The van der Waals surface area contributed by atoms with E-state index in [2.05, 4.69) is 5.32 Å². The molecule has 0 atom stereocenters. The van der Waals surface area contributed by atoms with Gasteiger partial charge < -0.3 is 29.2 Å². The number of carbonyl (C=O) groups excluding carboxylic acids is 2. The lowest BCUT2D eigenvalue weighted by molar-refractivity contribution is -0.121. The third-order valence-corrected chi connectivity index (χ3v) is 4.40. The lowest BCUT2D eigenvalue weighted by Gasteiger charge is -2.28. The van der Waals surface area contributed by atoms with Crippen molar-refractivity contribution in [1.82, 2.24) is 0 Å². The molecule has 8 nitrogen and oxygen atoms in total.